The summed E-state index contributed by atoms with van der Waals surface area (Å²) < 4.78 is 0. The minimum atomic E-state index is 0.274. The van der Waals surface area contributed by atoms with Crippen molar-refractivity contribution < 1.29 is 5.11 Å². The Morgan fingerprint density at radius 1 is 1.27 bits per heavy atom. The number of hydrogen-bond donors (Lipinski definition) is 1. The second kappa shape index (κ2) is 6.88. The fraction of sp³-hybridized carbons (Fsp3) is 0.500. The Hall–Kier alpha value is -0.510. The molecule has 0 atom stereocenters. The van der Waals surface area contributed by atoms with Gasteiger partial charge < -0.3 is 10.0 Å². The summed E-state index contributed by atoms with van der Waals surface area (Å²) in [6.07, 6.45) is 2.93. The van der Waals surface area contributed by atoms with Gasteiger partial charge in [-0.25, -0.2) is 0 Å². The molecule has 1 rings (SSSR count). The fourth-order valence-corrected chi connectivity index (χ4v) is 1.87. The summed E-state index contributed by atoms with van der Waals surface area (Å²) in [5.74, 6) is 0. The lowest BCUT2D eigenvalue weighted by atomic mass is 10.2. The molecule has 0 heterocycles. The molecule has 0 aromatic heterocycles. The highest BCUT2D eigenvalue weighted by molar-refractivity contribution is 7.98. The van der Waals surface area contributed by atoms with Crippen molar-refractivity contribution in [3.8, 4) is 0 Å². The normalized spacial score (nSPS) is 10.9. The van der Waals surface area contributed by atoms with Crippen LogP contribution in [0.3, 0.4) is 0 Å². The first-order valence-electron chi connectivity index (χ1n) is 5.18. The van der Waals surface area contributed by atoms with Gasteiger partial charge in [-0.3, -0.25) is 0 Å². The topological polar surface area (TPSA) is 23.5 Å². The van der Waals surface area contributed by atoms with Crippen molar-refractivity contribution in [2.24, 2.45) is 0 Å². The van der Waals surface area contributed by atoms with E-state index in [9.17, 15) is 0 Å². The van der Waals surface area contributed by atoms with Gasteiger partial charge in [-0.05, 0) is 37.4 Å². The lowest BCUT2D eigenvalue weighted by Gasteiger charge is -2.15. The van der Waals surface area contributed by atoms with E-state index in [2.05, 4.69) is 42.5 Å². The maximum Gasteiger partial charge on any atom is 0.0443 e. The maximum absolute atomic E-state index is 8.72. The number of aliphatic hydroxyl groups is 1. The molecular formula is C12H19NOS. The minimum Gasteiger partial charge on any atom is -0.396 e. The summed E-state index contributed by atoms with van der Waals surface area (Å²) in [6.45, 7) is 2.17. The molecule has 3 heteroatoms. The van der Waals surface area contributed by atoms with Crippen LogP contribution in [0.2, 0.25) is 0 Å². The molecule has 0 saturated heterocycles. The average molecular weight is 225 g/mol. The summed E-state index contributed by atoms with van der Waals surface area (Å²) >= 11 is 1.76. The Bertz CT molecular complexity index is 273. The zero-order valence-electron chi connectivity index (χ0n) is 9.44. The molecule has 1 aromatic rings. The van der Waals surface area contributed by atoms with Gasteiger partial charge in [0.05, 0.1) is 0 Å². The highest BCUT2D eigenvalue weighted by Gasteiger charge is 1.99. The monoisotopic (exact) mass is 225 g/mol. The van der Waals surface area contributed by atoms with Gasteiger partial charge in [-0.15, -0.1) is 11.8 Å². The van der Waals surface area contributed by atoms with Crippen molar-refractivity contribution in [3.05, 3.63) is 29.8 Å². The molecule has 0 fully saturated rings. The van der Waals surface area contributed by atoms with Crippen LogP contribution < -0.4 is 0 Å². The first-order valence-corrected chi connectivity index (χ1v) is 6.41. The summed E-state index contributed by atoms with van der Waals surface area (Å²) in [4.78, 5) is 3.53. The highest BCUT2D eigenvalue weighted by Crippen LogP contribution is 2.15. The van der Waals surface area contributed by atoms with Crippen LogP contribution in [0.1, 0.15) is 12.0 Å². The molecule has 1 aromatic carbocycles. The lowest BCUT2D eigenvalue weighted by Crippen LogP contribution is -2.19. The van der Waals surface area contributed by atoms with E-state index in [1.807, 2.05) is 0 Å². The van der Waals surface area contributed by atoms with E-state index < -0.39 is 0 Å². The number of nitrogens with zero attached hydrogens (tertiary/aromatic N) is 1. The third kappa shape index (κ3) is 4.69. The highest BCUT2D eigenvalue weighted by atomic mass is 32.2. The van der Waals surface area contributed by atoms with Crippen LogP contribution in [0.4, 0.5) is 0 Å². The van der Waals surface area contributed by atoms with Gasteiger partial charge in [0.25, 0.3) is 0 Å². The van der Waals surface area contributed by atoms with Crippen LogP contribution in [0.15, 0.2) is 29.2 Å². The summed E-state index contributed by atoms with van der Waals surface area (Å²) in [6, 6.07) is 8.64. The second-order valence-corrected chi connectivity index (χ2v) is 4.54. The first-order chi connectivity index (χ1) is 7.26. The van der Waals surface area contributed by atoms with Gasteiger partial charge in [0.15, 0.2) is 0 Å². The molecule has 1 N–H and O–H groups in total. The lowest BCUT2D eigenvalue weighted by molar-refractivity contribution is 0.244. The van der Waals surface area contributed by atoms with Crippen molar-refractivity contribution in [3.63, 3.8) is 0 Å². The number of thioether (sulfide) groups is 1. The van der Waals surface area contributed by atoms with Crippen LogP contribution in [-0.4, -0.2) is 36.5 Å². The molecule has 0 aliphatic heterocycles. The van der Waals surface area contributed by atoms with Crippen LogP contribution in [0.5, 0.6) is 0 Å². The molecule has 0 unspecified atom stereocenters. The summed E-state index contributed by atoms with van der Waals surface area (Å²) in [5, 5.41) is 8.72. The largest absolute Gasteiger partial charge is 0.396 e. The van der Waals surface area contributed by atoms with E-state index >= 15 is 0 Å². The number of rotatable bonds is 6. The Morgan fingerprint density at radius 3 is 2.47 bits per heavy atom. The van der Waals surface area contributed by atoms with Crippen LogP contribution >= 0.6 is 11.8 Å². The van der Waals surface area contributed by atoms with Gasteiger partial charge in [-0.2, -0.15) is 0 Å². The molecule has 0 spiro atoms. The zero-order chi connectivity index (χ0) is 11.1. The maximum atomic E-state index is 8.72. The van der Waals surface area contributed by atoms with Gasteiger partial charge >= 0.3 is 0 Å². The van der Waals surface area contributed by atoms with E-state index in [1.54, 1.807) is 11.8 Å². The van der Waals surface area contributed by atoms with Gasteiger partial charge in [0.2, 0.25) is 0 Å². The first kappa shape index (κ1) is 12.6. The number of hydrogen-bond acceptors (Lipinski definition) is 3. The Morgan fingerprint density at radius 2 is 1.93 bits per heavy atom. The fourth-order valence-electron chi connectivity index (χ4n) is 1.46. The van der Waals surface area contributed by atoms with E-state index in [4.69, 9.17) is 5.11 Å². The Kier molecular flexibility index (Phi) is 5.76. The minimum absolute atomic E-state index is 0.274. The van der Waals surface area contributed by atoms with E-state index in [0.29, 0.717) is 0 Å². The second-order valence-electron chi connectivity index (χ2n) is 3.66. The van der Waals surface area contributed by atoms with E-state index in [0.717, 1.165) is 19.5 Å². The molecule has 0 bridgehead atoms. The molecule has 15 heavy (non-hydrogen) atoms. The molecule has 84 valence electrons. The van der Waals surface area contributed by atoms with Gasteiger partial charge in [0, 0.05) is 24.6 Å². The number of benzene rings is 1. The van der Waals surface area contributed by atoms with Crippen molar-refractivity contribution >= 4 is 11.8 Å². The van der Waals surface area contributed by atoms with Crippen molar-refractivity contribution in [1.29, 1.82) is 0 Å². The van der Waals surface area contributed by atoms with Crippen molar-refractivity contribution in [2.45, 2.75) is 17.9 Å². The third-order valence-electron chi connectivity index (χ3n) is 2.31. The smallest absolute Gasteiger partial charge is 0.0443 e. The molecular weight excluding hydrogens is 206 g/mol. The van der Waals surface area contributed by atoms with E-state index in [1.165, 1.54) is 10.5 Å². The predicted octanol–water partition coefficient (Wildman–Crippen LogP) is 2.22. The average Bonchev–Trinajstić information content (AvgIpc) is 2.27. The SMILES string of the molecule is CSc1ccc(CN(C)CCCO)cc1. The molecule has 0 aliphatic carbocycles. The van der Waals surface area contributed by atoms with Gasteiger partial charge in [0.1, 0.15) is 0 Å². The Labute approximate surface area is 96.3 Å². The molecule has 0 amide bonds. The van der Waals surface area contributed by atoms with Crippen molar-refractivity contribution in [1.82, 2.24) is 4.90 Å². The Balaban J connectivity index is 2.42. The molecule has 0 radical (unpaired) electrons. The summed E-state index contributed by atoms with van der Waals surface area (Å²) in [5.41, 5.74) is 1.33. The molecule has 0 aliphatic rings. The van der Waals surface area contributed by atoms with Crippen LogP contribution in [0.25, 0.3) is 0 Å². The third-order valence-corrected chi connectivity index (χ3v) is 3.05. The van der Waals surface area contributed by atoms with Crippen LogP contribution in [0, 0.1) is 0 Å². The van der Waals surface area contributed by atoms with Crippen molar-refractivity contribution in [2.75, 3.05) is 26.5 Å². The predicted molar refractivity (Wildman–Crippen MR) is 66.3 cm³/mol. The summed E-state index contributed by atoms with van der Waals surface area (Å²) in [7, 11) is 2.08. The standard InChI is InChI=1S/C12H19NOS/c1-13(8-3-9-14)10-11-4-6-12(15-2)7-5-11/h4-7,14H,3,8-10H2,1-2H3. The quantitative estimate of drug-likeness (QED) is 0.751. The number of aliphatic hydroxyl groups excluding tert-OH is 1. The molecule has 0 saturated carbocycles. The van der Waals surface area contributed by atoms with E-state index in [-0.39, 0.29) is 6.61 Å². The van der Waals surface area contributed by atoms with Crippen LogP contribution in [-0.2, 0) is 6.54 Å². The van der Waals surface area contributed by atoms with Gasteiger partial charge in [-0.1, -0.05) is 12.1 Å². The molecule has 2 nitrogen and oxygen atoms in total. The zero-order valence-corrected chi connectivity index (χ0v) is 10.3.